The van der Waals surface area contributed by atoms with Gasteiger partial charge in [0.05, 0.1) is 6.04 Å². The van der Waals surface area contributed by atoms with Crippen LogP contribution in [0.5, 0.6) is 0 Å². The van der Waals surface area contributed by atoms with Crippen LogP contribution < -0.4 is 22.1 Å². The molecule has 1 fully saturated rings. The van der Waals surface area contributed by atoms with Gasteiger partial charge in [0.15, 0.2) is 0 Å². The molecule has 1 heterocycles. The summed E-state index contributed by atoms with van der Waals surface area (Å²) in [5.41, 5.74) is 11.0. The van der Waals surface area contributed by atoms with E-state index in [-0.39, 0.29) is 25.8 Å². The van der Waals surface area contributed by atoms with Crippen LogP contribution >= 0.6 is 0 Å². The fraction of sp³-hybridized carbons (Fsp3) is 0.737. The maximum atomic E-state index is 13.0. The Labute approximate surface area is 180 Å². The van der Waals surface area contributed by atoms with Gasteiger partial charge in [-0.25, -0.2) is 4.79 Å². The Hall–Kier alpha value is -2.73. The van der Waals surface area contributed by atoms with Crippen LogP contribution in [0.4, 0.5) is 0 Å². The van der Waals surface area contributed by atoms with E-state index >= 15 is 0 Å². The highest BCUT2D eigenvalue weighted by molar-refractivity contribution is 5.94. The van der Waals surface area contributed by atoms with Crippen LogP contribution in [0.1, 0.15) is 51.9 Å². The molecule has 4 atom stereocenters. The SMILES string of the molecule is CC(N)C(=O)NC(CCC(=O)O)C(=O)NC(CCCCN)C(=O)N1CCCC1C(=O)O. The Kier molecular flexibility index (Phi) is 10.9. The second-order valence-corrected chi connectivity index (χ2v) is 7.66. The van der Waals surface area contributed by atoms with E-state index in [4.69, 9.17) is 16.6 Å². The van der Waals surface area contributed by atoms with Crippen molar-refractivity contribution in [1.29, 1.82) is 0 Å². The molecule has 1 aliphatic heterocycles. The van der Waals surface area contributed by atoms with Crippen LogP contribution in [0, 0.1) is 0 Å². The quantitative estimate of drug-likeness (QED) is 0.180. The van der Waals surface area contributed by atoms with Crippen molar-refractivity contribution in [1.82, 2.24) is 15.5 Å². The minimum Gasteiger partial charge on any atom is -0.481 e. The lowest BCUT2D eigenvalue weighted by atomic mass is 10.0. The van der Waals surface area contributed by atoms with Gasteiger partial charge in [-0.05, 0) is 52.0 Å². The zero-order chi connectivity index (χ0) is 23.6. The fourth-order valence-corrected chi connectivity index (χ4v) is 3.35. The molecule has 0 aliphatic carbocycles. The molecular formula is C19H33N5O7. The number of rotatable bonds is 13. The fourth-order valence-electron chi connectivity index (χ4n) is 3.35. The largest absolute Gasteiger partial charge is 0.481 e. The van der Waals surface area contributed by atoms with Crippen molar-refractivity contribution in [3.8, 4) is 0 Å². The van der Waals surface area contributed by atoms with Gasteiger partial charge in [0.1, 0.15) is 18.1 Å². The summed E-state index contributed by atoms with van der Waals surface area (Å²) in [4.78, 5) is 61.4. The monoisotopic (exact) mass is 443 g/mol. The van der Waals surface area contributed by atoms with E-state index in [0.717, 1.165) is 0 Å². The number of nitrogens with zero attached hydrogens (tertiary/aromatic N) is 1. The molecule has 0 aromatic heterocycles. The summed E-state index contributed by atoms with van der Waals surface area (Å²) >= 11 is 0. The molecule has 3 amide bonds. The smallest absolute Gasteiger partial charge is 0.326 e. The van der Waals surface area contributed by atoms with Crippen molar-refractivity contribution in [3.63, 3.8) is 0 Å². The molecule has 1 saturated heterocycles. The van der Waals surface area contributed by atoms with Crippen LogP contribution in [0.3, 0.4) is 0 Å². The number of nitrogens with two attached hydrogens (primary N) is 2. The molecule has 0 spiro atoms. The molecule has 176 valence electrons. The highest BCUT2D eigenvalue weighted by Gasteiger charge is 2.38. The Morgan fingerprint density at radius 2 is 1.68 bits per heavy atom. The summed E-state index contributed by atoms with van der Waals surface area (Å²) in [7, 11) is 0. The number of carbonyl (C=O) groups excluding carboxylic acids is 3. The standard InChI is InChI=1S/C19H33N5O7/c1-11(21)16(27)22-12(7-8-15(25)26)17(28)23-13(5-2-3-9-20)18(29)24-10-4-6-14(24)19(30)31/h11-14H,2-10,20-21H2,1H3,(H,22,27)(H,23,28)(H,25,26)(H,30,31). The predicted octanol–water partition coefficient (Wildman–Crippen LogP) is -1.63. The molecule has 0 saturated carbocycles. The predicted molar refractivity (Wildman–Crippen MR) is 110 cm³/mol. The third-order valence-electron chi connectivity index (χ3n) is 5.08. The Bertz CT molecular complexity index is 670. The number of hydrogen-bond donors (Lipinski definition) is 6. The lowest BCUT2D eigenvalue weighted by Crippen LogP contribution is -2.57. The highest BCUT2D eigenvalue weighted by atomic mass is 16.4. The summed E-state index contributed by atoms with van der Waals surface area (Å²) in [6.07, 6.45) is 1.66. The van der Waals surface area contributed by atoms with Crippen molar-refractivity contribution in [3.05, 3.63) is 0 Å². The number of amides is 3. The molecule has 1 rings (SSSR count). The molecule has 4 unspecified atom stereocenters. The summed E-state index contributed by atoms with van der Waals surface area (Å²) in [5, 5.41) is 23.3. The maximum absolute atomic E-state index is 13.0. The third kappa shape index (κ3) is 8.50. The maximum Gasteiger partial charge on any atom is 0.326 e. The van der Waals surface area contributed by atoms with E-state index in [1.165, 1.54) is 11.8 Å². The van der Waals surface area contributed by atoms with Gasteiger partial charge in [0, 0.05) is 13.0 Å². The molecule has 0 aromatic carbocycles. The summed E-state index contributed by atoms with van der Waals surface area (Å²) < 4.78 is 0. The lowest BCUT2D eigenvalue weighted by molar-refractivity contribution is -0.149. The summed E-state index contributed by atoms with van der Waals surface area (Å²) in [6, 6.07) is -4.09. The minimum atomic E-state index is -1.20. The number of carbonyl (C=O) groups is 5. The average molecular weight is 444 g/mol. The van der Waals surface area contributed by atoms with Gasteiger partial charge in [0.25, 0.3) is 0 Å². The molecule has 0 radical (unpaired) electrons. The molecule has 31 heavy (non-hydrogen) atoms. The highest BCUT2D eigenvalue weighted by Crippen LogP contribution is 2.20. The van der Waals surface area contributed by atoms with Crippen molar-refractivity contribution in [2.24, 2.45) is 11.5 Å². The van der Waals surface area contributed by atoms with Crippen LogP contribution in [0.2, 0.25) is 0 Å². The molecule has 12 nitrogen and oxygen atoms in total. The Balaban J connectivity index is 2.98. The van der Waals surface area contributed by atoms with Crippen LogP contribution in [0.15, 0.2) is 0 Å². The van der Waals surface area contributed by atoms with Gasteiger partial charge in [-0.2, -0.15) is 0 Å². The van der Waals surface area contributed by atoms with E-state index < -0.39 is 53.8 Å². The van der Waals surface area contributed by atoms with E-state index in [9.17, 15) is 29.1 Å². The van der Waals surface area contributed by atoms with Crippen molar-refractivity contribution >= 4 is 29.7 Å². The molecule has 1 aliphatic rings. The number of aliphatic carboxylic acids is 2. The minimum absolute atomic E-state index is 0.190. The average Bonchev–Trinajstić information content (AvgIpc) is 3.19. The van der Waals surface area contributed by atoms with E-state index in [1.807, 2.05) is 0 Å². The first-order valence-electron chi connectivity index (χ1n) is 10.4. The Morgan fingerprint density at radius 1 is 1.03 bits per heavy atom. The molecule has 12 heteroatoms. The third-order valence-corrected chi connectivity index (χ3v) is 5.08. The number of likely N-dealkylation sites (tertiary alicyclic amines) is 1. The van der Waals surface area contributed by atoms with Crippen molar-refractivity contribution < 1.29 is 34.2 Å². The second-order valence-electron chi connectivity index (χ2n) is 7.66. The van der Waals surface area contributed by atoms with Crippen LogP contribution in [0.25, 0.3) is 0 Å². The first-order valence-corrected chi connectivity index (χ1v) is 10.4. The first kappa shape index (κ1) is 26.3. The summed E-state index contributed by atoms with van der Waals surface area (Å²) in [6.45, 7) is 2.07. The lowest BCUT2D eigenvalue weighted by Gasteiger charge is -2.29. The number of nitrogens with one attached hydrogen (secondary N) is 2. The topological polar surface area (TPSA) is 205 Å². The van der Waals surface area contributed by atoms with Gasteiger partial charge in [-0.3, -0.25) is 19.2 Å². The molecular weight excluding hydrogens is 410 g/mol. The number of unbranched alkanes of at least 4 members (excludes halogenated alkanes) is 1. The van der Waals surface area contributed by atoms with Gasteiger partial charge in [-0.15, -0.1) is 0 Å². The van der Waals surface area contributed by atoms with Gasteiger partial charge < -0.3 is 37.2 Å². The number of carboxylic acid groups (broad SMARTS) is 2. The molecule has 8 N–H and O–H groups in total. The molecule has 0 bridgehead atoms. The number of hydrogen-bond acceptors (Lipinski definition) is 7. The van der Waals surface area contributed by atoms with Crippen LogP contribution in [-0.4, -0.2) is 82.0 Å². The van der Waals surface area contributed by atoms with Crippen LogP contribution in [-0.2, 0) is 24.0 Å². The van der Waals surface area contributed by atoms with E-state index in [0.29, 0.717) is 32.2 Å². The van der Waals surface area contributed by atoms with Crippen molar-refractivity contribution in [2.45, 2.75) is 76.0 Å². The van der Waals surface area contributed by atoms with Gasteiger partial charge >= 0.3 is 11.9 Å². The van der Waals surface area contributed by atoms with E-state index in [2.05, 4.69) is 10.6 Å². The van der Waals surface area contributed by atoms with E-state index in [1.54, 1.807) is 0 Å². The van der Waals surface area contributed by atoms with Gasteiger partial charge in [-0.1, -0.05) is 0 Å². The number of carboxylic acids is 2. The zero-order valence-corrected chi connectivity index (χ0v) is 17.7. The zero-order valence-electron chi connectivity index (χ0n) is 17.7. The van der Waals surface area contributed by atoms with Crippen molar-refractivity contribution in [2.75, 3.05) is 13.1 Å². The van der Waals surface area contributed by atoms with Gasteiger partial charge in [0.2, 0.25) is 17.7 Å². The first-order chi connectivity index (χ1) is 14.6. The summed E-state index contributed by atoms with van der Waals surface area (Å²) in [5.74, 6) is -4.15. The Morgan fingerprint density at radius 3 is 2.23 bits per heavy atom. The molecule has 0 aromatic rings. The second kappa shape index (κ2) is 12.8. The normalized spacial score (nSPS) is 18.7.